The van der Waals surface area contributed by atoms with Gasteiger partial charge in [-0.2, -0.15) is 8.78 Å². The summed E-state index contributed by atoms with van der Waals surface area (Å²) < 4.78 is 69.6. The maximum atomic E-state index is 15.0. The summed E-state index contributed by atoms with van der Waals surface area (Å²) in [5, 5.41) is 0. The largest absolute Gasteiger partial charge is 0.490 e. The third-order valence-electron chi connectivity index (χ3n) is 8.19. The van der Waals surface area contributed by atoms with Crippen molar-refractivity contribution in [2.24, 2.45) is 23.7 Å². The summed E-state index contributed by atoms with van der Waals surface area (Å²) in [6.07, 6.45) is 9.99. The van der Waals surface area contributed by atoms with Gasteiger partial charge in [0, 0.05) is 11.1 Å². The van der Waals surface area contributed by atoms with E-state index in [0.717, 1.165) is 43.9 Å². The summed E-state index contributed by atoms with van der Waals surface area (Å²) in [6.45, 7) is 4.34. The molecule has 2 fully saturated rings. The zero-order valence-corrected chi connectivity index (χ0v) is 21.6. The third kappa shape index (κ3) is 5.80. The van der Waals surface area contributed by atoms with E-state index in [1.165, 1.54) is 31.7 Å². The van der Waals surface area contributed by atoms with E-state index in [-0.39, 0.29) is 24.2 Å². The van der Waals surface area contributed by atoms with Crippen molar-refractivity contribution in [3.05, 3.63) is 47.5 Å². The molecule has 4 atom stereocenters. The van der Waals surface area contributed by atoms with Gasteiger partial charge >= 0.3 is 5.97 Å². The van der Waals surface area contributed by atoms with E-state index in [1.807, 2.05) is 6.92 Å². The summed E-state index contributed by atoms with van der Waals surface area (Å²) in [7, 11) is 0. The SMILES string of the molecule is CCCCCC1CCC2C(C(=O)Oc3ccc(-c4ccc(OCCCC)c(F)c4F)c(F)c3F)CCC12. The van der Waals surface area contributed by atoms with E-state index >= 15 is 0 Å². The lowest BCUT2D eigenvalue weighted by atomic mass is 9.86. The predicted octanol–water partition coefficient (Wildman–Crippen LogP) is 8.63. The molecular weight excluding hydrogens is 484 g/mol. The number of halogens is 4. The summed E-state index contributed by atoms with van der Waals surface area (Å²) in [5.41, 5.74) is -0.895. The minimum atomic E-state index is -1.40. The van der Waals surface area contributed by atoms with Crippen LogP contribution in [-0.4, -0.2) is 12.6 Å². The third-order valence-corrected chi connectivity index (χ3v) is 8.19. The van der Waals surface area contributed by atoms with Gasteiger partial charge in [0.1, 0.15) is 0 Å². The van der Waals surface area contributed by atoms with Crippen molar-refractivity contribution in [1.82, 2.24) is 0 Å². The smallest absolute Gasteiger partial charge is 0.314 e. The molecule has 7 heteroatoms. The molecule has 0 heterocycles. The van der Waals surface area contributed by atoms with Crippen LogP contribution in [0.1, 0.15) is 78.1 Å². The van der Waals surface area contributed by atoms with Crippen LogP contribution in [0.2, 0.25) is 0 Å². The van der Waals surface area contributed by atoms with Crippen LogP contribution in [0.25, 0.3) is 11.1 Å². The first kappa shape index (κ1) is 27.5. The Morgan fingerprint density at radius 1 is 0.757 bits per heavy atom. The van der Waals surface area contributed by atoms with Crippen molar-refractivity contribution in [2.75, 3.05) is 6.61 Å². The second-order valence-corrected chi connectivity index (χ2v) is 10.4. The molecule has 2 saturated carbocycles. The lowest BCUT2D eigenvalue weighted by Crippen LogP contribution is -2.25. The van der Waals surface area contributed by atoms with Crippen LogP contribution in [0.5, 0.6) is 11.5 Å². The van der Waals surface area contributed by atoms with Crippen LogP contribution in [0.15, 0.2) is 24.3 Å². The lowest BCUT2D eigenvalue weighted by molar-refractivity contribution is -0.140. The fourth-order valence-electron chi connectivity index (χ4n) is 6.21. The zero-order chi connectivity index (χ0) is 26.5. The number of rotatable bonds is 11. The van der Waals surface area contributed by atoms with Crippen molar-refractivity contribution in [1.29, 1.82) is 0 Å². The van der Waals surface area contributed by atoms with Gasteiger partial charge in [0.2, 0.25) is 11.6 Å². The highest BCUT2D eigenvalue weighted by molar-refractivity contribution is 5.76. The van der Waals surface area contributed by atoms with Crippen LogP contribution in [0.3, 0.4) is 0 Å². The Balaban J connectivity index is 1.45. The Hall–Kier alpha value is -2.57. The Morgan fingerprint density at radius 3 is 2.05 bits per heavy atom. The summed E-state index contributed by atoms with van der Waals surface area (Å²) >= 11 is 0. The minimum absolute atomic E-state index is 0.220. The van der Waals surface area contributed by atoms with Crippen molar-refractivity contribution in [3.8, 4) is 22.6 Å². The zero-order valence-electron chi connectivity index (χ0n) is 21.6. The van der Waals surface area contributed by atoms with Crippen molar-refractivity contribution >= 4 is 5.97 Å². The van der Waals surface area contributed by atoms with E-state index < -0.39 is 46.1 Å². The van der Waals surface area contributed by atoms with Gasteiger partial charge in [0.05, 0.1) is 12.5 Å². The molecule has 2 aliphatic carbocycles. The number of fused-ring (bicyclic) bond motifs is 1. The predicted molar refractivity (Wildman–Crippen MR) is 134 cm³/mol. The molecule has 2 aromatic carbocycles. The minimum Gasteiger partial charge on any atom is -0.490 e. The van der Waals surface area contributed by atoms with Crippen LogP contribution in [0, 0.1) is 46.9 Å². The molecular formula is C30H36F4O3. The van der Waals surface area contributed by atoms with Gasteiger partial charge in [-0.05, 0) is 74.1 Å². The van der Waals surface area contributed by atoms with E-state index in [9.17, 15) is 22.4 Å². The maximum absolute atomic E-state index is 15.0. The van der Waals surface area contributed by atoms with Crippen LogP contribution >= 0.6 is 0 Å². The standard InChI is InChI=1S/C30H36F4O3/c1-3-5-7-8-18-9-10-20-19(18)11-12-23(20)30(35)37-25-16-14-22(27(32)29(25)34)21-13-15-24(28(33)26(21)31)36-17-6-4-2/h13-16,18-20,23H,3-12,17H2,1-2H3. The molecule has 0 bridgehead atoms. The Kier molecular flexibility index (Phi) is 9.14. The highest BCUT2D eigenvalue weighted by Crippen LogP contribution is 2.52. The highest BCUT2D eigenvalue weighted by Gasteiger charge is 2.47. The molecule has 202 valence electrons. The molecule has 0 N–H and O–H groups in total. The second kappa shape index (κ2) is 12.3. The first-order valence-electron chi connectivity index (χ1n) is 13.7. The van der Waals surface area contributed by atoms with E-state index in [4.69, 9.17) is 9.47 Å². The van der Waals surface area contributed by atoms with Gasteiger partial charge in [-0.15, -0.1) is 0 Å². The number of unbranched alkanes of at least 4 members (excludes halogenated alkanes) is 3. The summed E-state index contributed by atoms with van der Waals surface area (Å²) in [4.78, 5) is 13.0. The number of ether oxygens (including phenoxy) is 2. The number of carbonyl (C=O) groups is 1. The first-order valence-corrected chi connectivity index (χ1v) is 13.7. The number of esters is 1. The molecule has 37 heavy (non-hydrogen) atoms. The van der Waals surface area contributed by atoms with Crippen molar-refractivity contribution in [2.45, 2.75) is 78.1 Å². The molecule has 0 spiro atoms. The average molecular weight is 521 g/mol. The molecule has 0 radical (unpaired) electrons. The average Bonchev–Trinajstić information content (AvgIpc) is 3.48. The molecule has 2 aliphatic rings. The normalized spacial score (nSPS) is 22.8. The molecule has 0 saturated heterocycles. The fourth-order valence-corrected chi connectivity index (χ4v) is 6.21. The molecule has 2 aromatic rings. The Bertz CT molecular complexity index is 1100. The monoisotopic (exact) mass is 520 g/mol. The first-order chi connectivity index (χ1) is 17.9. The van der Waals surface area contributed by atoms with Gasteiger partial charge in [0.25, 0.3) is 0 Å². The number of carbonyl (C=O) groups excluding carboxylic acids is 1. The van der Waals surface area contributed by atoms with Crippen molar-refractivity contribution < 1.29 is 31.8 Å². The van der Waals surface area contributed by atoms with Gasteiger partial charge in [-0.1, -0.05) is 46.0 Å². The van der Waals surface area contributed by atoms with Gasteiger partial charge in [0.15, 0.2) is 23.1 Å². The number of hydrogen-bond donors (Lipinski definition) is 0. The van der Waals surface area contributed by atoms with Gasteiger partial charge in [-0.3, -0.25) is 4.79 Å². The van der Waals surface area contributed by atoms with Gasteiger partial charge in [-0.25, -0.2) is 8.78 Å². The van der Waals surface area contributed by atoms with Crippen molar-refractivity contribution in [3.63, 3.8) is 0 Å². The van der Waals surface area contributed by atoms with Crippen LogP contribution in [0.4, 0.5) is 17.6 Å². The quantitative estimate of drug-likeness (QED) is 0.129. The summed E-state index contributed by atoms with van der Waals surface area (Å²) in [5.74, 6) is -5.73. The molecule has 0 amide bonds. The maximum Gasteiger partial charge on any atom is 0.314 e. The molecule has 4 unspecified atom stereocenters. The summed E-state index contributed by atoms with van der Waals surface area (Å²) in [6, 6.07) is 4.55. The van der Waals surface area contributed by atoms with Crippen LogP contribution < -0.4 is 9.47 Å². The fraction of sp³-hybridized carbons (Fsp3) is 0.567. The van der Waals surface area contributed by atoms with Gasteiger partial charge < -0.3 is 9.47 Å². The highest BCUT2D eigenvalue weighted by atomic mass is 19.2. The van der Waals surface area contributed by atoms with E-state index in [0.29, 0.717) is 24.7 Å². The molecule has 0 aromatic heterocycles. The van der Waals surface area contributed by atoms with Crippen LogP contribution in [-0.2, 0) is 4.79 Å². The molecule has 3 nitrogen and oxygen atoms in total. The molecule has 0 aliphatic heterocycles. The Labute approximate surface area is 216 Å². The molecule has 4 rings (SSSR count). The lowest BCUT2D eigenvalue weighted by Gasteiger charge is -2.20. The topological polar surface area (TPSA) is 35.5 Å². The Morgan fingerprint density at radius 2 is 1.38 bits per heavy atom. The number of benzene rings is 2. The second-order valence-electron chi connectivity index (χ2n) is 10.4. The van der Waals surface area contributed by atoms with E-state index in [1.54, 1.807) is 0 Å². The van der Waals surface area contributed by atoms with E-state index in [2.05, 4.69) is 6.92 Å². The number of hydrogen-bond acceptors (Lipinski definition) is 3.